The Morgan fingerprint density at radius 3 is 2.42 bits per heavy atom. The lowest BCUT2D eigenvalue weighted by molar-refractivity contribution is -0.139. The Bertz CT molecular complexity index is 720. The molecule has 6 heteroatoms. The topological polar surface area (TPSA) is 84.2 Å². The van der Waals surface area contributed by atoms with Gasteiger partial charge in [-0.05, 0) is 50.6 Å². The van der Waals surface area contributed by atoms with Gasteiger partial charge in [0, 0.05) is 11.3 Å². The fourth-order valence-electron chi connectivity index (χ4n) is 2.55. The molecule has 1 unspecified atom stereocenters. The predicted molar refractivity (Wildman–Crippen MR) is 91.5 cm³/mol. The van der Waals surface area contributed by atoms with Crippen LogP contribution >= 0.6 is 0 Å². The second-order valence-corrected chi connectivity index (χ2v) is 5.89. The van der Waals surface area contributed by atoms with Crippen molar-refractivity contribution in [1.29, 1.82) is 0 Å². The van der Waals surface area contributed by atoms with Gasteiger partial charge in [-0.2, -0.15) is 5.10 Å². The minimum atomic E-state index is -1.00. The molecule has 0 aliphatic rings. The van der Waals surface area contributed by atoms with Gasteiger partial charge in [0.15, 0.2) is 0 Å². The third-order valence-electron chi connectivity index (χ3n) is 3.83. The van der Waals surface area contributed by atoms with E-state index in [1.165, 1.54) is 0 Å². The summed E-state index contributed by atoms with van der Waals surface area (Å²) < 4.78 is 1.80. The van der Waals surface area contributed by atoms with Crippen molar-refractivity contribution in [2.75, 3.05) is 0 Å². The molecule has 0 radical (unpaired) electrons. The summed E-state index contributed by atoms with van der Waals surface area (Å²) in [5, 5.41) is 16.2. The van der Waals surface area contributed by atoms with E-state index in [0.29, 0.717) is 12.0 Å². The van der Waals surface area contributed by atoms with Crippen LogP contribution in [0.3, 0.4) is 0 Å². The molecular weight excluding hydrogens is 306 g/mol. The number of carboxylic acid groups (broad SMARTS) is 1. The van der Waals surface area contributed by atoms with Crippen LogP contribution in [0, 0.1) is 13.8 Å². The van der Waals surface area contributed by atoms with Gasteiger partial charge in [-0.3, -0.25) is 4.79 Å². The molecule has 1 amide bonds. The second kappa shape index (κ2) is 7.77. The number of hydrogen-bond donors (Lipinski definition) is 2. The first-order valence-corrected chi connectivity index (χ1v) is 8.09. The van der Waals surface area contributed by atoms with Crippen molar-refractivity contribution in [3.05, 3.63) is 47.3 Å². The van der Waals surface area contributed by atoms with Gasteiger partial charge < -0.3 is 10.4 Å². The molecule has 1 aromatic carbocycles. The lowest BCUT2D eigenvalue weighted by atomic mass is 10.1. The highest BCUT2D eigenvalue weighted by Crippen LogP contribution is 2.13. The van der Waals surface area contributed by atoms with Crippen LogP contribution in [0.15, 0.2) is 30.3 Å². The van der Waals surface area contributed by atoms with E-state index >= 15 is 0 Å². The number of carbonyl (C=O) groups is 2. The average Bonchev–Trinajstić information content (AvgIpc) is 2.89. The summed E-state index contributed by atoms with van der Waals surface area (Å²) in [6.45, 7) is 5.87. The van der Waals surface area contributed by atoms with Crippen molar-refractivity contribution >= 4 is 11.9 Å². The quantitative estimate of drug-likeness (QED) is 0.818. The van der Waals surface area contributed by atoms with Crippen LogP contribution < -0.4 is 5.32 Å². The molecule has 0 saturated carbocycles. The molecule has 1 aromatic heterocycles. The van der Waals surface area contributed by atoms with E-state index in [-0.39, 0.29) is 5.91 Å². The van der Waals surface area contributed by atoms with E-state index in [1.54, 1.807) is 28.9 Å². The van der Waals surface area contributed by atoms with Crippen molar-refractivity contribution in [1.82, 2.24) is 15.1 Å². The molecule has 0 spiro atoms. The number of aromatic nitrogens is 2. The lowest BCUT2D eigenvalue weighted by Crippen LogP contribution is -2.40. The predicted octanol–water partition coefficient (Wildman–Crippen LogP) is 2.86. The molecule has 6 nitrogen and oxygen atoms in total. The van der Waals surface area contributed by atoms with Gasteiger partial charge in [0.25, 0.3) is 5.91 Å². The number of hydrogen-bond acceptors (Lipinski definition) is 3. The fraction of sp³-hybridized carbons (Fsp3) is 0.389. The second-order valence-electron chi connectivity index (χ2n) is 5.89. The molecule has 2 aromatic rings. The van der Waals surface area contributed by atoms with E-state index < -0.39 is 12.0 Å². The summed E-state index contributed by atoms with van der Waals surface area (Å²) >= 11 is 0. The maximum Gasteiger partial charge on any atom is 0.326 e. The fourth-order valence-corrected chi connectivity index (χ4v) is 2.55. The number of amides is 1. The SMILES string of the molecule is CCCCC(NC(=O)c1ccc(-n2nc(C)cc2C)cc1)C(=O)O. The monoisotopic (exact) mass is 329 g/mol. The highest BCUT2D eigenvalue weighted by atomic mass is 16.4. The van der Waals surface area contributed by atoms with Gasteiger partial charge in [-0.25, -0.2) is 9.48 Å². The molecule has 0 saturated heterocycles. The molecule has 0 fully saturated rings. The Morgan fingerprint density at radius 2 is 1.92 bits per heavy atom. The first kappa shape index (κ1) is 17.7. The van der Waals surface area contributed by atoms with Crippen molar-refractivity contribution in [2.24, 2.45) is 0 Å². The average molecular weight is 329 g/mol. The maximum atomic E-state index is 12.2. The first-order valence-electron chi connectivity index (χ1n) is 8.09. The molecule has 24 heavy (non-hydrogen) atoms. The molecule has 2 rings (SSSR count). The van der Waals surface area contributed by atoms with Crippen LogP contribution in [0.5, 0.6) is 0 Å². The third kappa shape index (κ3) is 4.22. The summed E-state index contributed by atoms with van der Waals surface area (Å²) in [6.07, 6.45) is 2.08. The van der Waals surface area contributed by atoms with Crippen LogP contribution in [0.25, 0.3) is 5.69 Å². The van der Waals surface area contributed by atoms with Crippen molar-refractivity contribution in [3.8, 4) is 5.69 Å². The van der Waals surface area contributed by atoms with Crippen LogP contribution in [0.4, 0.5) is 0 Å². The van der Waals surface area contributed by atoms with Crippen LogP contribution in [-0.2, 0) is 4.79 Å². The van der Waals surface area contributed by atoms with E-state index in [4.69, 9.17) is 0 Å². The van der Waals surface area contributed by atoms with E-state index in [2.05, 4.69) is 10.4 Å². The Hall–Kier alpha value is -2.63. The zero-order chi connectivity index (χ0) is 17.7. The summed E-state index contributed by atoms with van der Waals surface area (Å²) in [5.41, 5.74) is 3.23. The maximum absolute atomic E-state index is 12.2. The minimum absolute atomic E-state index is 0.376. The summed E-state index contributed by atoms with van der Waals surface area (Å²) in [5.74, 6) is -1.38. The van der Waals surface area contributed by atoms with Gasteiger partial charge in [0.1, 0.15) is 6.04 Å². The first-order chi connectivity index (χ1) is 11.4. The summed E-state index contributed by atoms with van der Waals surface area (Å²) in [6, 6.07) is 8.09. The number of rotatable bonds is 7. The Balaban J connectivity index is 2.10. The van der Waals surface area contributed by atoms with Crippen molar-refractivity contribution in [2.45, 2.75) is 46.1 Å². The molecule has 1 heterocycles. The van der Waals surface area contributed by atoms with Crippen molar-refractivity contribution < 1.29 is 14.7 Å². The number of unbranched alkanes of at least 4 members (excludes halogenated alkanes) is 1. The van der Waals surface area contributed by atoms with E-state index in [9.17, 15) is 14.7 Å². The minimum Gasteiger partial charge on any atom is -0.480 e. The number of carboxylic acids is 1. The molecule has 0 aliphatic heterocycles. The molecule has 1 atom stereocenters. The van der Waals surface area contributed by atoms with Crippen LogP contribution in [0.1, 0.15) is 47.9 Å². The molecule has 128 valence electrons. The number of aryl methyl sites for hydroxylation is 2. The third-order valence-corrected chi connectivity index (χ3v) is 3.83. The zero-order valence-electron chi connectivity index (χ0n) is 14.2. The molecule has 0 aliphatic carbocycles. The standard InChI is InChI=1S/C18H23N3O3/c1-4-5-6-16(18(23)24)19-17(22)14-7-9-15(10-8-14)21-13(3)11-12(2)20-21/h7-11,16H,4-6H2,1-3H3,(H,19,22)(H,23,24). The van der Waals surface area contributed by atoms with Gasteiger partial charge in [-0.1, -0.05) is 19.8 Å². The van der Waals surface area contributed by atoms with Crippen LogP contribution in [-0.4, -0.2) is 32.8 Å². The van der Waals surface area contributed by atoms with E-state index in [1.807, 2.05) is 26.8 Å². The van der Waals surface area contributed by atoms with Gasteiger partial charge >= 0.3 is 5.97 Å². The lowest BCUT2D eigenvalue weighted by Gasteiger charge is -2.14. The molecule has 2 N–H and O–H groups in total. The Kier molecular flexibility index (Phi) is 5.73. The summed E-state index contributed by atoms with van der Waals surface area (Å²) in [4.78, 5) is 23.5. The van der Waals surface area contributed by atoms with Crippen LogP contribution in [0.2, 0.25) is 0 Å². The van der Waals surface area contributed by atoms with Gasteiger partial charge in [-0.15, -0.1) is 0 Å². The number of nitrogens with zero attached hydrogens (tertiary/aromatic N) is 2. The summed E-state index contributed by atoms with van der Waals surface area (Å²) in [7, 11) is 0. The number of carbonyl (C=O) groups excluding carboxylic acids is 1. The van der Waals surface area contributed by atoms with Gasteiger partial charge in [0.05, 0.1) is 11.4 Å². The largest absolute Gasteiger partial charge is 0.480 e. The Labute approximate surface area is 141 Å². The number of aliphatic carboxylic acids is 1. The zero-order valence-corrected chi connectivity index (χ0v) is 14.2. The highest BCUT2D eigenvalue weighted by Gasteiger charge is 2.20. The Morgan fingerprint density at radius 1 is 1.25 bits per heavy atom. The van der Waals surface area contributed by atoms with Crippen molar-refractivity contribution in [3.63, 3.8) is 0 Å². The molecular formula is C18H23N3O3. The smallest absolute Gasteiger partial charge is 0.326 e. The highest BCUT2D eigenvalue weighted by molar-refractivity contribution is 5.96. The number of nitrogens with one attached hydrogen (secondary N) is 1. The number of benzene rings is 1. The van der Waals surface area contributed by atoms with E-state index in [0.717, 1.165) is 29.9 Å². The normalized spacial score (nSPS) is 12.0. The molecule has 0 bridgehead atoms. The van der Waals surface area contributed by atoms with Gasteiger partial charge in [0.2, 0.25) is 0 Å².